The maximum absolute atomic E-state index is 13.8. The molecule has 0 aliphatic carbocycles. The Hall–Kier alpha value is -4.05. The number of carbonyl (C=O) groups is 2. The second-order valence-corrected chi connectivity index (χ2v) is 12.8. The summed E-state index contributed by atoms with van der Waals surface area (Å²) in [4.78, 5) is 31.7. The molecular weight excluding hydrogens is 584 g/mol. The van der Waals surface area contributed by atoms with Crippen LogP contribution in [0.25, 0.3) is 10.8 Å². The monoisotopic (exact) mass is 623 g/mol. The zero-order valence-electron chi connectivity index (χ0n) is 25.3. The van der Waals surface area contributed by atoms with Crippen molar-refractivity contribution in [3.05, 3.63) is 114 Å². The van der Waals surface area contributed by atoms with E-state index in [0.29, 0.717) is 30.8 Å². The van der Waals surface area contributed by atoms with Crippen LogP contribution in [0.3, 0.4) is 0 Å². The molecule has 1 N–H and O–H groups in total. The van der Waals surface area contributed by atoms with Crippen LogP contribution in [0.2, 0.25) is 0 Å². The van der Waals surface area contributed by atoms with E-state index in [-0.39, 0.29) is 18.2 Å². The van der Waals surface area contributed by atoms with E-state index < -0.39 is 23.4 Å². The van der Waals surface area contributed by atoms with Crippen molar-refractivity contribution in [1.82, 2.24) is 15.1 Å². The van der Waals surface area contributed by atoms with Gasteiger partial charge in [-0.15, -0.1) is 0 Å². The summed E-state index contributed by atoms with van der Waals surface area (Å²) in [6, 6.07) is 29.1. The number of hydrogen-bond acceptors (Lipinski definition) is 5. The van der Waals surface area contributed by atoms with Crippen LogP contribution in [-0.4, -0.2) is 62.6 Å². The third-order valence-corrected chi connectivity index (χ3v) is 9.65. The van der Waals surface area contributed by atoms with Crippen molar-refractivity contribution in [1.29, 1.82) is 0 Å². The standard InChI is InChI=1S/C36H40N4O4S/c41-35(37-33(36(42)39-21-6-7-22-39)23-27-13-15-28(16-14-27)26-38-19-8-20-38)25-34(30-10-2-1-3-11-30)40(45(43)44)32-18-17-29-9-4-5-12-31(29)24-32/h1-5,9-18,24,33-34H,6-8,19-23,25-26H2,(H,37,41)(H,43,44)/p-1. The summed E-state index contributed by atoms with van der Waals surface area (Å²) in [5.74, 6) is -0.479. The summed E-state index contributed by atoms with van der Waals surface area (Å²) in [6.07, 6.45) is 3.35. The fraction of sp³-hybridized carbons (Fsp3) is 0.333. The van der Waals surface area contributed by atoms with Crippen molar-refractivity contribution in [2.75, 3.05) is 30.5 Å². The van der Waals surface area contributed by atoms with Crippen LogP contribution in [0.4, 0.5) is 5.69 Å². The highest BCUT2D eigenvalue weighted by Gasteiger charge is 2.31. The molecule has 4 aromatic carbocycles. The number of anilines is 1. The Bertz CT molecular complexity index is 1640. The molecule has 0 aromatic heterocycles. The molecule has 3 unspecified atom stereocenters. The number of hydrogen-bond donors (Lipinski definition) is 1. The van der Waals surface area contributed by atoms with Crippen molar-refractivity contribution in [3.63, 3.8) is 0 Å². The van der Waals surface area contributed by atoms with Gasteiger partial charge in [-0.25, -0.2) is 0 Å². The van der Waals surface area contributed by atoms with E-state index in [4.69, 9.17) is 0 Å². The van der Waals surface area contributed by atoms with E-state index in [1.807, 2.05) is 83.8 Å². The first-order valence-corrected chi connectivity index (χ1v) is 16.8. The average molecular weight is 624 g/mol. The number of nitrogens with zero attached hydrogens (tertiary/aromatic N) is 3. The van der Waals surface area contributed by atoms with Crippen molar-refractivity contribution < 1.29 is 18.4 Å². The zero-order chi connectivity index (χ0) is 31.2. The lowest BCUT2D eigenvalue weighted by Crippen LogP contribution is -2.49. The van der Waals surface area contributed by atoms with Gasteiger partial charge in [0.15, 0.2) is 0 Å². The lowest BCUT2D eigenvalue weighted by Gasteiger charge is -2.35. The Morgan fingerprint density at radius 3 is 2.13 bits per heavy atom. The number of amides is 2. The first-order valence-electron chi connectivity index (χ1n) is 15.8. The van der Waals surface area contributed by atoms with Gasteiger partial charge in [-0.05, 0) is 71.9 Å². The molecule has 9 heteroatoms. The molecule has 234 valence electrons. The van der Waals surface area contributed by atoms with E-state index in [1.54, 1.807) is 6.07 Å². The van der Waals surface area contributed by atoms with Crippen molar-refractivity contribution in [2.24, 2.45) is 0 Å². The van der Waals surface area contributed by atoms with E-state index >= 15 is 0 Å². The molecular formula is C36H39N4O4S-. The Labute approximate surface area is 267 Å². The van der Waals surface area contributed by atoms with Gasteiger partial charge < -0.3 is 14.8 Å². The Balaban J connectivity index is 1.24. The second-order valence-electron chi connectivity index (χ2n) is 12.0. The number of nitrogens with one attached hydrogen (secondary N) is 1. The van der Waals surface area contributed by atoms with Gasteiger partial charge in [-0.2, -0.15) is 0 Å². The van der Waals surface area contributed by atoms with Crippen LogP contribution in [0.1, 0.15) is 48.4 Å². The predicted octanol–water partition coefficient (Wildman–Crippen LogP) is 5.13. The zero-order valence-corrected chi connectivity index (χ0v) is 26.2. The summed E-state index contributed by atoms with van der Waals surface area (Å²) >= 11 is -2.68. The molecule has 2 aliphatic heterocycles. The van der Waals surface area contributed by atoms with Gasteiger partial charge in [0.2, 0.25) is 11.8 Å². The smallest absolute Gasteiger partial charge is 0.245 e. The quantitative estimate of drug-likeness (QED) is 0.221. The van der Waals surface area contributed by atoms with Gasteiger partial charge in [0, 0.05) is 43.0 Å². The van der Waals surface area contributed by atoms with Crippen LogP contribution >= 0.6 is 0 Å². The van der Waals surface area contributed by atoms with Crippen LogP contribution in [0.15, 0.2) is 97.1 Å². The Morgan fingerprint density at radius 2 is 1.47 bits per heavy atom. The molecule has 0 bridgehead atoms. The summed E-state index contributed by atoms with van der Waals surface area (Å²) in [5, 5.41) is 4.90. The maximum Gasteiger partial charge on any atom is 0.245 e. The summed E-state index contributed by atoms with van der Waals surface area (Å²) in [7, 11) is 0. The first-order chi connectivity index (χ1) is 21.9. The SMILES string of the molecule is O=C(CC(c1ccccc1)N(c1ccc2ccccc2c1)S(=O)[O-])NC(Cc1ccc(CN2CCC2)cc1)C(=O)N1CCCC1. The predicted molar refractivity (Wildman–Crippen MR) is 177 cm³/mol. The van der Waals surface area contributed by atoms with Gasteiger partial charge in [-0.3, -0.25) is 23.0 Å². The molecule has 6 rings (SSSR count). The minimum atomic E-state index is -2.68. The van der Waals surface area contributed by atoms with Crippen LogP contribution < -0.4 is 9.62 Å². The highest BCUT2D eigenvalue weighted by Crippen LogP contribution is 2.33. The summed E-state index contributed by atoms with van der Waals surface area (Å²) in [6.45, 7) is 4.53. The van der Waals surface area contributed by atoms with Crippen LogP contribution in [0, 0.1) is 0 Å². The molecule has 2 saturated heterocycles. The van der Waals surface area contributed by atoms with E-state index in [1.165, 1.54) is 16.3 Å². The van der Waals surface area contributed by atoms with Crippen LogP contribution in [-0.2, 0) is 33.8 Å². The molecule has 0 radical (unpaired) electrons. The molecule has 2 aliphatic rings. The van der Waals surface area contributed by atoms with E-state index in [2.05, 4.69) is 22.3 Å². The largest absolute Gasteiger partial charge is 0.755 e. The third kappa shape index (κ3) is 7.61. The Morgan fingerprint density at radius 1 is 0.800 bits per heavy atom. The molecule has 2 amide bonds. The van der Waals surface area contributed by atoms with Crippen molar-refractivity contribution in [3.8, 4) is 0 Å². The molecule has 2 heterocycles. The lowest BCUT2D eigenvalue weighted by atomic mass is 10.00. The fourth-order valence-electron chi connectivity index (χ4n) is 6.30. The normalized spacial score (nSPS) is 17.0. The van der Waals surface area contributed by atoms with Gasteiger partial charge >= 0.3 is 0 Å². The number of rotatable bonds is 12. The number of benzene rings is 4. The molecule has 3 atom stereocenters. The van der Waals surface area contributed by atoms with Crippen molar-refractivity contribution >= 4 is 39.5 Å². The highest BCUT2D eigenvalue weighted by atomic mass is 32.2. The second kappa shape index (κ2) is 14.4. The summed E-state index contributed by atoms with van der Waals surface area (Å²) < 4.78 is 26.9. The topological polar surface area (TPSA) is 96.0 Å². The number of carbonyl (C=O) groups excluding carboxylic acids is 2. The molecule has 0 saturated carbocycles. The molecule has 2 fully saturated rings. The number of likely N-dealkylation sites (tertiary alicyclic amines) is 2. The highest BCUT2D eigenvalue weighted by molar-refractivity contribution is 7.80. The molecule has 4 aromatic rings. The van der Waals surface area contributed by atoms with Gasteiger partial charge in [0.25, 0.3) is 0 Å². The van der Waals surface area contributed by atoms with E-state index in [9.17, 15) is 18.4 Å². The molecule has 8 nitrogen and oxygen atoms in total. The minimum Gasteiger partial charge on any atom is -0.755 e. The van der Waals surface area contributed by atoms with E-state index in [0.717, 1.165) is 48.8 Å². The Kier molecular flexibility index (Phi) is 9.88. The van der Waals surface area contributed by atoms with Crippen LogP contribution in [0.5, 0.6) is 0 Å². The van der Waals surface area contributed by atoms with Crippen molar-refractivity contribution in [2.45, 2.75) is 50.7 Å². The minimum absolute atomic E-state index is 0.0967. The average Bonchev–Trinajstić information content (AvgIpc) is 3.58. The van der Waals surface area contributed by atoms with Gasteiger partial charge in [0.05, 0.1) is 12.5 Å². The fourth-order valence-corrected chi connectivity index (χ4v) is 6.99. The number of fused-ring (bicyclic) bond motifs is 1. The molecule has 45 heavy (non-hydrogen) atoms. The summed E-state index contributed by atoms with van der Waals surface area (Å²) in [5.41, 5.74) is 3.35. The first kappa shape index (κ1) is 31.0. The maximum atomic E-state index is 13.8. The lowest BCUT2D eigenvalue weighted by molar-refractivity contribution is -0.135. The van der Waals surface area contributed by atoms with Gasteiger partial charge in [-0.1, -0.05) is 84.9 Å². The van der Waals surface area contributed by atoms with Gasteiger partial charge in [0.1, 0.15) is 6.04 Å². The molecule has 0 spiro atoms. The third-order valence-electron chi connectivity index (χ3n) is 8.86.